The van der Waals surface area contributed by atoms with Gasteiger partial charge in [0.05, 0.1) is 0 Å². The summed E-state index contributed by atoms with van der Waals surface area (Å²) in [6.45, 7) is 9.33. The second kappa shape index (κ2) is 6.82. The molecule has 0 aromatic heterocycles. The number of likely N-dealkylation sites (tertiary alicyclic amines) is 1. The number of aryl methyl sites for hydroxylation is 1. The van der Waals surface area contributed by atoms with Gasteiger partial charge in [0.15, 0.2) is 0 Å². The Labute approximate surface area is 134 Å². The molecule has 3 heteroatoms. The minimum atomic E-state index is -0.170. The van der Waals surface area contributed by atoms with Crippen LogP contribution in [0.2, 0.25) is 0 Å². The fourth-order valence-corrected chi connectivity index (χ4v) is 3.27. The van der Waals surface area contributed by atoms with Crippen molar-refractivity contribution in [3.63, 3.8) is 0 Å². The first-order chi connectivity index (χ1) is 10.3. The van der Waals surface area contributed by atoms with E-state index in [1.807, 2.05) is 4.90 Å². The molecule has 3 nitrogen and oxygen atoms in total. The van der Waals surface area contributed by atoms with Gasteiger partial charge in [-0.1, -0.05) is 43.7 Å². The molecule has 0 aliphatic carbocycles. The predicted molar refractivity (Wildman–Crippen MR) is 89.8 cm³/mol. The summed E-state index contributed by atoms with van der Waals surface area (Å²) in [5.74, 6) is 0.443. The van der Waals surface area contributed by atoms with Crippen molar-refractivity contribution in [3.05, 3.63) is 35.4 Å². The van der Waals surface area contributed by atoms with Crippen molar-refractivity contribution < 1.29 is 9.90 Å². The molecular formula is C19H29NO2. The Morgan fingerprint density at radius 3 is 2.50 bits per heavy atom. The van der Waals surface area contributed by atoms with Gasteiger partial charge in [0.1, 0.15) is 0 Å². The Morgan fingerprint density at radius 2 is 1.91 bits per heavy atom. The average Bonchev–Trinajstić information content (AvgIpc) is 2.47. The van der Waals surface area contributed by atoms with Gasteiger partial charge in [0.25, 0.3) is 0 Å². The van der Waals surface area contributed by atoms with Crippen molar-refractivity contribution in [1.82, 2.24) is 4.90 Å². The maximum Gasteiger partial charge on any atom is 0.223 e. The fraction of sp³-hybridized carbons (Fsp3) is 0.632. The van der Waals surface area contributed by atoms with Crippen molar-refractivity contribution in [2.45, 2.75) is 58.4 Å². The Hall–Kier alpha value is -1.35. The van der Waals surface area contributed by atoms with Gasteiger partial charge in [-0.05, 0) is 43.6 Å². The summed E-state index contributed by atoms with van der Waals surface area (Å²) < 4.78 is 0. The van der Waals surface area contributed by atoms with Crippen LogP contribution in [0.25, 0.3) is 0 Å². The van der Waals surface area contributed by atoms with E-state index in [1.54, 1.807) is 0 Å². The van der Waals surface area contributed by atoms with Crippen molar-refractivity contribution in [2.75, 3.05) is 13.2 Å². The molecule has 1 aliphatic heterocycles. The molecule has 1 amide bonds. The lowest BCUT2D eigenvalue weighted by Gasteiger charge is -2.39. The van der Waals surface area contributed by atoms with Crippen LogP contribution >= 0.6 is 0 Å². The van der Waals surface area contributed by atoms with E-state index in [1.165, 1.54) is 11.1 Å². The van der Waals surface area contributed by atoms with Gasteiger partial charge in [0.2, 0.25) is 5.91 Å². The summed E-state index contributed by atoms with van der Waals surface area (Å²) in [6, 6.07) is 8.74. The van der Waals surface area contributed by atoms with Gasteiger partial charge >= 0.3 is 0 Å². The Kier molecular flexibility index (Phi) is 5.28. The van der Waals surface area contributed by atoms with Gasteiger partial charge in [-0.2, -0.15) is 0 Å². The SMILES string of the molecule is Cc1ccc(C(C)(C)CC(=O)N2CC(CO)CCC2C)cc1. The summed E-state index contributed by atoms with van der Waals surface area (Å²) in [5, 5.41) is 9.38. The minimum Gasteiger partial charge on any atom is -0.396 e. The summed E-state index contributed by atoms with van der Waals surface area (Å²) in [5.41, 5.74) is 2.27. The van der Waals surface area contributed by atoms with E-state index in [2.05, 4.69) is 52.0 Å². The van der Waals surface area contributed by atoms with Crippen LogP contribution in [0.15, 0.2) is 24.3 Å². The van der Waals surface area contributed by atoms with E-state index in [9.17, 15) is 9.90 Å². The zero-order chi connectivity index (χ0) is 16.3. The monoisotopic (exact) mass is 303 g/mol. The van der Waals surface area contributed by atoms with Crippen LogP contribution in [0, 0.1) is 12.8 Å². The number of nitrogens with zero attached hydrogens (tertiary/aromatic N) is 1. The van der Waals surface area contributed by atoms with Crippen LogP contribution in [-0.4, -0.2) is 35.1 Å². The topological polar surface area (TPSA) is 40.5 Å². The standard InChI is InChI=1S/C19H29NO2/c1-14-5-9-17(10-6-14)19(3,4)11-18(22)20-12-16(13-21)8-7-15(20)2/h5-6,9-10,15-16,21H,7-8,11-13H2,1-4H3. The summed E-state index contributed by atoms with van der Waals surface area (Å²) in [4.78, 5) is 14.7. The van der Waals surface area contributed by atoms with Crippen molar-refractivity contribution in [1.29, 1.82) is 0 Å². The van der Waals surface area contributed by atoms with Gasteiger partial charge < -0.3 is 10.0 Å². The number of carbonyl (C=O) groups excluding carboxylic acids is 1. The maximum atomic E-state index is 12.8. The zero-order valence-electron chi connectivity index (χ0n) is 14.3. The third kappa shape index (κ3) is 3.89. The molecule has 1 fully saturated rings. The molecule has 0 bridgehead atoms. The molecule has 122 valence electrons. The normalized spacial score (nSPS) is 22.7. The van der Waals surface area contributed by atoms with E-state index in [0.717, 1.165) is 12.8 Å². The van der Waals surface area contributed by atoms with E-state index in [4.69, 9.17) is 0 Å². The Balaban J connectivity index is 2.07. The number of amides is 1. The van der Waals surface area contributed by atoms with Crippen LogP contribution in [0.5, 0.6) is 0 Å². The quantitative estimate of drug-likeness (QED) is 0.927. The molecule has 1 aliphatic rings. The number of piperidine rings is 1. The van der Waals surface area contributed by atoms with Crippen molar-refractivity contribution >= 4 is 5.91 Å². The number of carbonyl (C=O) groups is 1. The number of aliphatic hydroxyl groups excluding tert-OH is 1. The van der Waals surface area contributed by atoms with Crippen molar-refractivity contribution in [3.8, 4) is 0 Å². The highest BCUT2D eigenvalue weighted by molar-refractivity contribution is 5.78. The number of aliphatic hydroxyl groups is 1. The third-order valence-corrected chi connectivity index (χ3v) is 4.98. The Bertz CT molecular complexity index is 507. The van der Waals surface area contributed by atoms with Gasteiger partial charge in [-0.15, -0.1) is 0 Å². The van der Waals surface area contributed by atoms with Gasteiger partial charge in [0, 0.05) is 25.6 Å². The molecule has 1 N–H and O–H groups in total. The second-order valence-corrected chi connectivity index (χ2v) is 7.45. The molecule has 1 heterocycles. The summed E-state index contributed by atoms with van der Waals surface area (Å²) in [6.07, 6.45) is 2.52. The molecule has 1 saturated heterocycles. The Morgan fingerprint density at radius 1 is 1.27 bits per heavy atom. The zero-order valence-corrected chi connectivity index (χ0v) is 14.3. The van der Waals surface area contributed by atoms with Gasteiger partial charge in [-0.25, -0.2) is 0 Å². The van der Waals surface area contributed by atoms with Crippen LogP contribution in [-0.2, 0) is 10.2 Å². The smallest absolute Gasteiger partial charge is 0.223 e. The molecule has 22 heavy (non-hydrogen) atoms. The van der Waals surface area contributed by atoms with Gasteiger partial charge in [-0.3, -0.25) is 4.79 Å². The lowest BCUT2D eigenvalue weighted by molar-refractivity contribution is -0.137. The summed E-state index contributed by atoms with van der Waals surface area (Å²) >= 11 is 0. The lowest BCUT2D eigenvalue weighted by Crippen LogP contribution is -2.47. The molecule has 2 atom stereocenters. The lowest BCUT2D eigenvalue weighted by atomic mass is 9.80. The molecule has 1 aromatic rings. The largest absolute Gasteiger partial charge is 0.396 e. The number of hydrogen-bond acceptors (Lipinski definition) is 2. The first-order valence-electron chi connectivity index (χ1n) is 8.31. The first kappa shape index (κ1) is 17.0. The fourth-order valence-electron chi connectivity index (χ4n) is 3.27. The summed E-state index contributed by atoms with van der Waals surface area (Å²) in [7, 11) is 0. The average molecular weight is 303 g/mol. The molecule has 0 spiro atoms. The highest BCUT2D eigenvalue weighted by atomic mass is 16.3. The number of benzene rings is 1. The highest BCUT2D eigenvalue weighted by Crippen LogP contribution is 2.30. The van der Waals surface area contributed by atoms with E-state index in [0.29, 0.717) is 13.0 Å². The predicted octanol–water partition coefficient (Wildman–Crippen LogP) is 3.28. The van der Waals surface area contributed by atoms with Crippen LogP contribution < -0.4 is 0 Å². The second-order valence-electron chi connectivity index (χ2n) is 7.45. The van der Waals surface area contributed by atoms with E-state index in [-0.39, 0.29) is 29.9 Å². The van der Waals surface area contributed by atoms with E-state index >= 15 is 0 Å². The highest BCUT2D eigenvalue weighted by Gasteiger charge is 2.32. The molecule has 1 aromatic carbocycles. The molecule has 2 unspecified atom stereocenters. The van der Waals surface area contributed by atoms with E-state index < -0.39 is 0 Å². The number of hydrogen-bond donors (Lipinski definition) is 1. The third-order valence-electron chi connectivity index (χ3n) is 4.98. The van der Waals surface area contributed by atoms with Crippen LogP contribution in [0.3, 0.4) is 0 Å². The van der Waals surface area contributed by atoms with Crippen molar-refractivity contribution in [2.24, 2.45) is 5.92 Å². The van der Waals surface area contributed by atoms with Crippen LogP contribution in [0.1, 0.15) is 51.2 Å². The molecule has 2 rings (SSSR count). The minimum absolute atomic E-state index is 0.170. The molecule has 0 saturated carbocycles. The molecule has 0 radical (unpaired) electrons. The number of rotatable bonds is 4. The first-order valence-corrected chi connectivity index (χ1v) is 8.31. The maximum absolute atomic E-state index is 12.8. The van der Waals surface area contributed by atoms with Crippen LogP contribution in [0.4, 0.5) is 0 Å². The molecular weight excluding hydrogens is 274 g/mol.